The Kier molecular flexibility index (Phi) is 5.68. The van der Waals surface area contributed by atoms with E-state index >= 15 is 0 Å². The smallest absolute Gasteiger partial charge is 0.211 e. The van der Waals surface area contributed by atoms with E-state index in [9.17, 15) is 8.42 Å². The van der Waals surface area contributed by atoms with Gasteiger partial charge in [0.1, 0.15) is 0 Å². The second kappa shape index (κ2) is 6.54. The Labute approximate surface area is 97.2 Å². The van der Waals surface area contributed by atoms with Crippen molar-refractivity contribution in [2.24, 2.45) is 5.92 Å². The van der Waals surface area contributed by atoms with Crippen LogP contribution in [0.3, 0.4) is 0 Å². The second-order valence-corrected chi connectivity index (χ2v) is 6.04. The van der Waals surface area contributed by atoms with E-state index in [1.165, 1.54) is 0 Å². The molecule has 1 fully saturated rings. The van der Waals surface area contributed by atoms with Crippen molar-refractivity contribution in [3.05, 3.63) is 0 Å². The Bertz CT molecular complexity index is 291. The highest BCUT2D eigenvalue weighted by molar-refractivity contribution is 7.89. The standard InChI is InChI=1S/C10H21NO4S/c1-2-10-9(4-6-15-10)8-11-16(13,14)7-3-5-12/h9-12H,2-8H2,1H3. The predicted molar refractivity (Wildman–Crippen MR) is 61.6 cm³/mol. The number of aliphatic hydroxyl groups excluding tert-OH is 1. The van der Waals surface area contributed by atoms with Gasteiger partial charge in [-0.1, -0.05) is 6.92 Å². The molecule has 1 rings (SSSR count). The van der Waals surface area contributed by atoms with Gasteiger partial charge in [0.2, 0.25) is 10.0 Å². The predicted octanol–water partition coefficient (Wildman–Crippen LogP) is 0.103. The van der Waals surface area contributed by atoms with Gasteiger partial charge >= 0.3 is 0 Å². The lowest BCUT2D eigenvalue weighted by Crippen LogP contribution is -2.34. The number of rotatable bonds is 7. The van der Waals surface area contributed by atoms with Crippen molar-refractivity contribution < 1.29 is 18.3 Å². The molecule has 0 aliphatic carbocycles. The molecule has 96 valence electrons. The van der Waals surface area contributed by atoms with Crippen LogP contribution in [0.25, 0.3) is 0 Å². The zero-order valence-electron chi connectivity index (χ0n) is 9.68. The van der Waals surface area contributed by atoms with E-state index in [0.717, 1.165) is 19.4 Å². The highest BCUT2D eigenvalue weighted by atomic mass is 32.2. The molecule has 2 atom stereocenters. The Morgan fingerprint density at radius 3 is 2.88 bits per heavy atom. The van der Waals surface area contributed by atoms with Crippen molar-refractivity contribution in [3.8, 4) is 0 Å². The van der Waals surface area contributed by atoms with E-state index in [2.05, 4.69) is 4.72 Å². The monoisotopic (exact) mass is 251 g/mol. The first-order chi connectivity index (χ1) is 7.59. The molecule has 1 aliphatic heterocycles. The maximum Gasteiger partial charge on any atom is 0.211 e. The molecule has 1 saturated heterocycles. The van der Waals surface area contributed by atoms with Crippen LogP contribution in [-0.4, -0.2) is 45.1 Å². The average Bonchev–Trinajstić information content (AvgIpc) is 2.71. The third-order valence-electron chi connectivity index (χ3n) is 2.89. The Morgan fingerprint density at radius 1 is 1.50 bits per heavy atom. The summed E-state index contributed by atoms with van der Waals surface area (Å²) >= 11 is 0. The van der Waals surface area contributed by atoms with Crippen LogP contribution in [0.4, 0.5) is 0 Å². The maximum absolute atomic E-state index is 11.5. The fraction of sp³-hybridized carbons (Fsp3) is 1.00. The summed E-state index contributed by atoms with van der Waals surface area (Å²) in [5, 5.41) is 8.58. The van der Waals surface area contributed by atoms with Crippen LogP contribution >= 0.6 is 0 Å². The zero-order valence-corrected chi connectivity index (χ0v) is 10.5. The van der Waals surface area contributed by atoms with Crippen LogP contribution < -0.4 is 4.72 Å². The van der Waals surface area contributed by atoms with Gasteiger partial charge in [-0.2, -0.15) is 0 Å². The highest BCUT2D eigenvalue weighted by Gasteiger charge is 2.27. The van der Waals surface area contributed by atoms with Crippen molar-refractivity contribution in [3.63, 3.8) is 0 Å². The molecule has 0 spiro atoms. The molecule has 6 heteroatoms. The fourth-order valence-corrected chi connectivity index (χ4v) is 3.06. The minimum absolute atomic E-state index is 0.00608. The third kappa shape index (κ3) is 4.37. The number of aliphatic hydroxyl groups is 1. The second-order valence-electron chi connectivity index (χ2n) is 4.11. The van der Waals surface area contributed by atoms with Gasteiger partial charge in [-0.25, -0.2) is 13.1 Å². The van der Waals surface area contributed by atoms with Gasteiger partial charge in [0, 0.05) is 25.7 Å². The SMILES string of the molecule is CCC1OCCC1CNS(=O)(=O)CCCO. The average molecular weight is 251 g/mol. The van der Waals surface area contributed by atoms with Crippen LogP contribution in [0.5, 0.6) is 0 Å². The molecule has 0 aromatic rings. The summed E-state index contributed by atoms with van der Waals surface area (Å²) in [7, 11) is -3.23. The summed E-state index contributed by atoms with van der Waals surface area (Å²) in [4.78, 5) is 0. The normalized spacial score (nSPS) is 26.1. The summed E-state index contributed by atoms with van der Waals surface area (Å²) in [5.74, 6) is 0.280. The molecule has 0 radical (unpaired) electrons. The molecule has 0 amide bonds. The first-order valence-electron chi connectivity index (χ1n) is 5.79. The summed E-state index contributed by atoms with van der Waals surface area (Å²) in [6.45, 7) is 3.13. The van der Waals surface area contributed by atoms with Gasteiger partial charge in [-0.15, -0.1) is 0 Å². The molecular weight excluding hydrogens is 230 g/mol. The Balaban J connectivity index is 2.33. The highest BCUT2D eigenvalue weighted by Crippen LogP contribution is 2.22. The number of ether oxygens (including phenoxy) is 1. The molecule has 2 N–H and O–H groups in total. The molecule has 0 aromatic heterocycles. The van der Waals surface area contributed by atoms with Crippen LogP contribution in [0.2, 0.25) is 0 Å². The summed E-state index contributed by atoms with van der Waals surface area (Å²) in [6.07, 6.45) is 2.30. The van der Waals surface area contributed by atoms with Crippen molar-refractivity contribution in [1.82, 2.24) is 4.72 Å². The van der Waals surface area contributed by atoms with E-state index in [1.54, 1.807) is 0 Å². The lowest BCUT2D eigenvalue weighted by atomic mass is 10.0. The van der Waals surface area contributed by atoms with Crippen LogP contribution in [0, 0.1) is 5.92 Å². The van der Waals surface area contributed by atoms with Gasteiger partial charge in [0.15, 0.2) is 0 Å². The zero-order chi connectivity index (χ0) is 12.0. The van der Waals surface area contributed by atoms with E-state index in [0.29, 0.717) is 6.54 Å². The fourth-order valence-electron chi connectivity index (χ4n) is 1.94. The van der Waals surface area contributed by atoms with Gasteiger partial charge in [-0.3, -0.25) is 0 Å². The topological polar surface area (TPSA) is 75.6 Å². The number of hydrogen-bond donors (Lipinski definition) is 2. The van der Waals surface area contributed by atoms with Crippen LogP contribution in [-0.2, 0) is 14.8 Å². The number of nitrogens with one attached hydrogen (secondary N) is 1. The lowest BCUT2D eigenvalue weighted by molar-refractivity contribution is 0.0884. The molecule has 0 aromatic carbocycles. The molecule has 0 saturated carbocycles. The van der Waals surface area contributed by atoms with Gasteiger partial charge in [-0.05, 0) is 19.3 Å². The Morgan fingerprint density at radius 2 is 2.25 bits per heavy atom. The van der Waals surface area contributed by atoms with Crippen LogP contribution in [0.15, 0.2) is 0 Å². The van der Waals surface area contributed by atoms with Crippen molar-refractivity contribution in [2.75, 3.05) is 25.5 Å². The van der Waals surface area contributed by atoms with E-state index in [4.69, 9.17) is 9.84 Å². The number of hydrogen-bond acceptors (Lipinski definition) is 4. The first kappa shape index (κ1) is 13.9. The van der Waals surface area contributed by atoms with Crippen molar-refractivity contribution in [1.29, 1.82) is 0 Å². The van der Waals surface area contributed by atoms with Gasteiger partial charge in [0.05, 0.1) is 11.9 Å². The largest absolute Gasteiger partial charge is 0.396 e. The molecule has 16 heavy (non-hydrogen) atoms. The summed E-state index contributed by atoms with van der Waals surface area (Å²) in [5.41, 5.74) is 0. The summed E-state index contributed by atoms with van der Waals surface area (Å²) < 4.78 is 31.0. The number of sulfonamides is 1. The molecule has 0 bridgehead atoms. The Hall–Kier alpha value is -0.170. The first-order valence-corrected chi connectivity index (χ1v) is 7.44. The quantitative estimate of drug-likeness (QED) is 0.673. The minimum Gasteiger partial charge on any atom is -0.396 e. The van der Waals surface area contributed by atoms with E-state index in [-0.39, 0.29) is 30.8 Å². The molecule has 1 aliphatic rings. The van der Waals surface area contributed by atoms with E-state index in [1.807, 2.05) is 6.92 Å². The van der Waals surface area contributed by atoms with Crippen molar-refractivity contribution >= 4 is 10.0 Å². The van der Waals surface area contributed by atoms with Gasteiger partial charge < -0.3 is 9.84 Å². The molecular formula is C10H21NO4S. The lowest BCUT2D eigenvalue weighted by Gasteiger charge is -2.17. The van der Waals surface area contributed by atoms with E-state index < -0.39 is 10.0 Å². The maximum atomic E-state index is 11.5. The summed E-state index contributed by atoms with van der Waals surface area (Å²) in [6, 6.07) is 0. The molecule has 2 unspecified atom stereocenters. The van der Waals surface area contributed by atoms with Crippen LogP contribution in [0.1, 0.15) is 26.2 Å². The van der Waals surface area contributed by atoms with Gasteiger partial charge in [0.25, 0.3) is 0 Å². The van der Waals surface area contributed by atoms with Crippen molar-refractivity contribution in [2.45, 2.75) is 32.3 Å². The molecule has 5 nitrogen and oxygen atoms in total. The minimum atomic E-state index is -3.23. The molecule has 1 heterocycles. The third-order valence-corrected chi connectivity index (χ3v) is 4.32.